The Morgan fingerprint density at radius 1 is 1.40 bits per heavy atom. The van der Waals surface area contributed by atoms with Crippen LogP contribution in [0.25, 0.3) is 0 Å². The van der Waals surface area contributed by atoms with Gasteiger partial charge in [0.15, 0.2) is 0 Å². The Hall–Kier alpha value is 0.650. The molecule has 2 heterocycles. The summed E-state index contributed by atoms with van der Waals surface area (Å²) >= 11 is 2.47. The molecule has 2 fully saturated rings. The van der Waals surface area contributed by atoms with Gasteiger partial charge in [-0.3, -0.25) is 0 Å². The van der Waals surface area contributed by atoms with Gasteiger partial charge in [0.1, 0.15) is 0 Å². The zero-order valence-electron chi connectivity index (χ0n) is 6.26. The third-order valence-electron chi connectivity index (χ3n) is 2.72. The summed E-state index contributed by atoms with van der Waals surface area (Å²) in [6.45, 7) is 2.59. The molecule has 0 aromatic heterocycles. The molecule has 2 unspecified atom stereocenters. The third-order valence-corrected chi connectivity index (χ3v) is 3.91. The average molecular weight is 252 g/mol. The fraction of sp³-hybridized carbons (Fsp3) is 1.00. The lowest BCUT2D eigenvalue weighted by atomic mass is 9.89. The average Bonchev–Trinajstić information content (AvgIpc) is 1.91. The van der Waals surface area contributed by atoms with Crippen molar-refractivity contribution >= 4 is 22.9 Å². The highest BCUT2D eigenvalue weighted by Gasteiger charge is 2.41. The van der Waals surface area contributed by atoms with Crippen molar-refractivity contribution in [3.05, 3.63) is 0 Å². The lowest BCUT2D eigenvalue weighted by molar-refractivity contribution is 0.00991. The van der Waals surface area contributed by atoms with E-state index in [4.69, 9.17) is 0 Å². The van der Waals surface area contributed by atoms with Gasteiger partial charge in [-0.05, 0) is 19.9 Å². The van der Waals surface area contributed by atoms with Crippen molar-refractivity contribution in [3.8, 4) is 0 Å². The van der Waals surface area contributed by atoms with E-state index >= 15 is 0 Å². The minimum Gasteiger partial charge on any atom is -0.300 e. The van der Waals surface area contributed by atoms with E-state index in [-0.39, 0.29) is 0 Å². The van der Waals surface area contributed by atoms with E-state index in [1.807, 2.05) is 0 Å². The summed E-state index contributed by atoms with van der Waals surface area (Å²) in [5.74, 6) is 0. The number of hydrogen-bond donors (Lipinski definition) is 0. The van der Waals surface area contributed by atoms with Crippen LogP contribution in [0.2, 0.25) is 0 Å². The Morgan fingerprint density at radius 3 is 2.80 bits per heavy atom. The van der Waals surface area contributed by atoms with Gasteiger partial charge in [0.05, 0.1) is 0 Å². The smallest absolute Gasteiger partial charge is 0.0476 e. The molecule has 10 heavy (non-hydrogen) atoms. The summed E-state index contributed by atoms with van der Waals surface area (Å²) in [4.78, 5) is 2.47. The number of hydrogen-bond acceptors (Lipinski definition) is 2. The van der Waals surface area contributed by atoms with Crippen molar-refractivity contribution < 1.29 is 0 Å². The lowest BCUT2D eigenvalue weighted by Gasteiger charge is -2.52. The summed E-state index contributed by atoms with van der Waals surface area (Å²) in [6, 6.07) is 1.75. The molecule has 0 spiro atoms. The van der Waals surface area contributed by atoms with Crippen LogP contribution in [0, 0.1) is 0 Å². The molecule has 2 saturated heterocycles. The van der Waals surface area contributed by atoms with E-state index in [1.165, 1.54) is 25.9 Å². The zero-order valence-corrected chi connectivity index (χ0v) is 8.41. The number of fused-ring (bicyclic) bond motifs is 1. The number of halogens is 1. The van der Waals surface area contributed by atoms with Gasteiger partial charge in [0.2, 0.25) is 0 Å². The molecule has 0 saturated carbocycles. The standard InChI is InChI=1S/C7H13IN2/c1-9-5-7-6(9)3-2-4-10(7)8/h6-7H,2-5H2,1H3. The monoisotopic (exact) mass is 252 g/mol. The molecule has 2 aliphatic rings. The van der Waals surface area contributed by atoms with Gasteiger partial charge in [-0.2, -0.15) is 0 Å². The fourth-order valence-corrected chi connectivity index (χ4v) is 2.90. The molecule has 58 valence electrons. The second-order valence-corrected chi connectivity index (χ2v) is 4.58. The van der Waals surface area contributed by atoms with E-state index in [0.29, 0.717) is 0 Å². The number of nitrogens with zero attached hydrogens (tertiary/aromatic N) is 2. The topological polar surface area (TPSA) is 6.48 Å². The minimum absolute atomic E-state index is 0.874. The van der Waals surface area contributed by atoms with Crippen LogP contribution in [0.15, 0.2) is 0 Å². The fourth-order valence-electron chi connectivity index (χ4n) is 2.01. The lowest BCUT2D eigenvalue weighted by Crippen LogP contribution is -2.65. The molecule has 0 aromatic rings. The van der Waals surface area contributed by atoms with E-state index in [1.54, 1.807) is 0 Å². The maximum Gasteiger partial charge on any atom is 0.0476 e. The molecule has 0 amide bonds. The second kappa shape index (κ2) is 2.60. The minimum atomic E-state index is 0.874. The van der Waals surface area contributed by atoms with Gasteiger partial charge in [0, 0.05) is 48.0 Å². The molecule has 0 radical (unpaired) electrons. The van der Waals surface area contributed by atoms with Gasteiger partial charge >= 0.3 is 0 Å². The number of likely N-dealkylation sites (tertiary alicyclic amines) is 1. The molecule has 2 rings (SSSR count). The first-order valence-electron chi connectivity index (χ1n) is 3.91. The molecule has 0 bridgehead atoms. The Labute approximate surface area is 76.1 Å². The summed E-state index contributed by atoms with van der Waals surface area (Å²) in [7, 11) is 2.23. The molecular formula is C7H13IN2. The summed E-state index contributed by atoms with van der Waals surface area (Å²) in [6.07, 6.45) is 2.80. The van der Waals surface area contributed by atoms with Crippen LogP contribution in [0.4, 0.5) is 0 Å². The van der Waals surface area contributed by atoms with Crippen LogP contribution in [-0.2, 0) is 0 Å². The first-order valence-corrected chi connectivity index (χ1v) is 4.88. The van der Waals surface area contributed by atoms with Crippen molar-refractivity contribution in [2.45, 2.75) is 24.9 Å². The number of piperidine rings is 1. The van der Waals surface area contributed by atoms with Gasteiger partial charge in [-0.1, -0.05) is 0 Å². The van der Waals surface area contributed by atoms with Crippen molar-refractivity contribution in [1.29, 1.82) is 0 Å². The van der Waals surface area contributed by atoms with Crippen molar-refractivity contribution in [2.24, 2.45) is 0 Å². The number of rotatable bonds is 0. The zero-order chi connectivity index (χ0) is 7.14. The van der Waals surface area contributed by atoms with E-state index in [9.17, 15) is 0 Å². The maximum atomic E-state index is 2.48. The number of likely N-dealkylation sites (N-methyl/N-ethyl adjacent to an activating group) is 1. The predicted octanol–water partition coefficient (Wildman–Crippen LogP) is 1.11. The Balaban J connectivity index is 1.99. The van der Waals surface area contributed by atoms with Crippen LogP contribution in [-0.4, -0.2) is 40.2 Å². The van der Waals surface area contributed by atoms with E-state index in [2.05, 4.69) is 37.9 Å². The molecule has 0 aliphatic carbocycles. The molecule has 2 atom stereocenters. The van der Waals surface area contributed by atoms with Crippen LogP contribution in [0.3, 0.4) is 0 Å². The van der Waals surface area contributed by atoms with Gasteiger partial charge in [-0.15, -0.1) is 0 Å². The van der Waals surface area contributed by atoms with E-state index < -0.39 is 0 Å². The maximum absolute atomic E-state index is 2.48. The SMILES string of the molecule is CN1CC2C1CCCN2I. The van der Waals surface area contributed by atoms with Crippen molar-refractivity contribution in [1.82, 2.24) is 8.01 Å². The summed E-state index contributed by atoms with van der Waals surface area (Å²) in [5, 5.41) is 0. The highest BCUT2D eigenvalue weighted by molar-refractivity contribution is 14.1. The highest BCUT2D eigenvalue weighted by atomic mass is 127. The van der Waals surface area contributed by atoms with Gasteiger partial charge in [-0.25, -0.2) is 3.11 Å². The van der Waals surface area contributed by atoms with Crippen LogP contribution >= 0.6 is 22.9 Å². The van der Waals surface area contributed by atoms with Crippen LogP contribution in [0.1, 0.15) is 12.8 Å². The van der Waals surface area contributed by atoms with Gasteiger partial charge < -0.3 is 4.90 Å². The molecule has 2 aliphatic heterocycles. The van der Waals surface area contributed by atoms with Crippen LogP contribution < -0.4 is 0 Å². The molecular weight excluding hydrogens is 239 g/mol. The predicted molar refractivity (Wildman–Crippen MR) is 50.2 cm³/mol. The van der Waals surface area contributed by atoms with Gasteiger partial charge in [0.25, 0.3) is 0 Å². The highest BCUT2D eigenvalue weighted by Crippen LogP contribution is 2.31. The first-order chi connectivity index (χ1) is 4.79. The quantitative estimate of drug-likeness (QED) is 0.471. The van der Waals surface area contributed by atoms with Crippen LogP contribution in [0.5, 0.6) is 0 Å². The Morgan fingerprint density at radius 2 is 2.20 bits per heavy atom. The largest absolute Gasteiger partial charge is 0.300 e. The van der Waals surface area contributed by atoms with Crippen molar-refractivity contribution in [3.63, 3.8) is 0 Å². The molecule has 3 heteroatoms. The molecule has 0 N–H and O–H groups in total. The third kappa shape index (κ3) is 0.987. The molecule has 2 nitrogen and oxygen atoms in total. The molecule has 0 aromatic carbocycles. The summed E-state index contributed by atoms with van der Waals surface area (Å²) < 4.78 is 2.48. The van der Waals surface area contributed by atoms with Crippen molar-refractivity contribution in [2.75, 3.05) is 20.1 Å². The normalized spacial score (nSPS) is 42.6. The summed E-state index contributed by atoms with van der Waals surface area (Å²) in [5.41, 5.74) is 0. The second-order valence-electron chi connectivity index (χ2n) is 3.34. The first kappa shape index (κ1) is 7.31. The van der Waals surface area contributed by atoms with E-state index in [0.717, 1.165) is 12.1 Å². The Bertz CT molecular complexity index is 138. The Kier molecular flexibility index (Phi) is 1.90.